The van der Waals surface area contributed by atoms with Crippen molar-refractivity contribution < 1.29 is 4.42 Å². The topological polar surface area (TPSA) is 51.8 Å². The fourth-order valence-corrected chi connectivity index (χ4v) is 7.21. The molecule has 0 amide bonds. The molecule has 0 N–H and O–H groups in total. The van der Waals surface area contributed by atoms with Gasteiger partial charge in [-0.1, -0.05) is 140 Å². The molecular formula is C45H27N3O. The Morgan fingerprint density at radius 1 is 0.306 bits per heavy atom. The van der Waals surface area contributed by atoms with Gasteiger partial charge in [-0.2, -0.15) is 0 Å². The lowest BCUT2D eigenvalue weighted by molar-refractivity contribution is 0.669. The quantitative estimate of drug-likeness (QED) is 0.183. The van der Waals surface area contributed by atoms with E-state index >= 15 is 0 Å². The number of hydrogen-bond acceptors (Lipinski definition) is 4. The van der Waals surface area contributed by atoms with Crippen LogP contribution in [0.1, 0.15) is 0 Å². The maximum Gasteiger partial charge on any atom is 0.164 e. The molecule has 4 nitrogen and oxygen atoms in total. The summed E-state index contributed by atoms with van der Waals surface area (Å²) in [6, 6.07) is 56.9. The monoisotopic (exact) mass is 625 g/mol. The lowest BCUT2D eigenvalue weighted by Crippen LogP contribution is -2.00. The smallest absolute Gasteiger partial charge is 0.164 e. The number of nitrogens with zero attached hydrogens (tertiary/aromatic N) is 3. The van der Waals surface area contributed by atoms with Gasteiger partial charge in [-0.15, -0.1) is 0 Å². The third-order valence-corrected chi connectivity index (χ3v) is 9.50. The second-order valence-corrected chi connectivity index (χ2v) is 12.4. The van der Waals surface area contributed by atoms with E-state index in [1.807, 2.05) is 78.9 Å². The van der Waals surface area contributed by atoms with Crippen molar-refractivity contribution in [3.05, 3.63) is 164 Å². The lowest BCUT2D eigenvalue weighted by Gasteiger charge is -2.13. The molecule has 49 heavy (non-hydrogen) atoms. The van der Waals surface area contributed by atoms with Crippen molar-refractivity contribution in [2.24, 2.45) is 0 Å². The second-order valence-electron chi connectivity index (χ2n) is 12.4. The molecule has 0 spiro atoms. The molecule has 0 radical (unpaired) electrons. The molecule has 2 aromatic heterocycles. The van der Waals surface area contributed by atoms with Crippen LogP contribution < -0.4 is 0 Å². The largest absolute Gasteiger partial charge is 0.456 e. The van der Waals surface area contributed by atoms with Gasteiger partial charge >= 0.3 is 0 Å². The summed E-state index contributed by atoms with van der Waals surface area (Å²) in [6.45, 7) is 0. The third kappa shape index (κ3) is 4.49. The molecule has 0 aliphatic rings. The van der Waals surface area contributed by atoms with Crippen LogP contribution in [0.15, 0.2) is 168 Å². The summed E-state index contributed by atoms with van der Waals surface area (Å²) >= 11 is 0. The fraction of sp³-hybridized carbons (Fsp3) is 0. The zero-order chi connectivity index (χ0) is 32.3. The first-order chi connectivity index (χ1) is 24.3. The van der Waals surface area contributed by atoms with E-state index in [9.17, 15) is 0 Å². The number of furan rings is 1. The lowest BCUT2D eigenvalue weighted by atomic mass is 9.91. The molecule has 4 heteroatoms. The van der Waals surface area contributed by atoms with Crippen molar-refractivity contribution in [2.45, 2.75) is 0 Å². The van der Waals surface area contributed by atoms with Gasteiger partial charge in [0.2, 0.25) is 0 Å². The summed E-state index contributed by atoms with van der Waals surface area (Å²) in [4.78, 5) is 15.2. The van der Waals surface area contributed by atoms with E-state index in [0.717, 1.165) is 49.8 Å². The van der Waals surface area contributed by atoms with E-state index in [-0.39, 0.29) is 0 Å². The summed E-state index contributed by atoms with van der Waals surface area (Å²) < 4.78 is 6.55. The van der Waals surface area contributed by atoms with E-state index in [2.05, 4.69) is 84.9 Å². The van der Waals surface area contributed by atoms with Gasteiger partial charge in [0.1, 0.15) is 11.2 Å². The molecule has 2 heterocycles. The molecular weight excluding hydrogens is 599 g/mol. The summed E-state index contributed by atoms with van der Waals surface area (Å²) in [5.74, 6) is 1.85. The van der Waals surface area contributed by atoms with Gasteiger partial charge in [-0.25, -0.2) is 15.0 Å². The van der Waals surface area contributed by atoms with Crippen molar-refractivity contribution in [3.8, 4) is 45.3 Å². The van der Waals surface area contributed by atoms with Gasteiger partial charge in [0.05, 0.1) is 0 Å². The van der Waals surface area contributed by atoms with Crippen molar-refractivity contribution >= 4 is 54.3 Å². The molecule has 0 fully saturated rings. The molecule has 0 saturated heterocycles. The number of hydrogen-bond donors (Lipinski definition) is 0. The van der Waals surface area contributed by atoms with Gasteiger partial charge in [-0.3, -0.25) is 0 Å². The number of para-hydroxylation sites is 1. The van der Waals surface area contributed by atoms with Gasteiger partial charge < -0.3 is 4.42 Å². The summed E-state index contributed by atoms with van der Waals surface area (Å²) in [5, 5.41) is 9.48. The second kappa shape index (κ2) is 11.0. The maximum atomic E-state index is 6.55. The molecule has 0 aliphatic carbocycles. The van der Waals surface area contributed by atoms with Crippen LogP contribution in [0.25, 0.3) is 99.5 Å². The van der Waals surface area contributed by atoms with Crippen molar-refractivity contribution in [2.75, 3.05) is 0 Å². The molecule has 0 aliphatic heterocycles. The van der Waals surface area contributed by atoms with Crippen LogP contribution in [0.5, 0.6) is 0 Å². The van der Waals surface area contributed by atoms with E-state index in [1.54, 1.807) is 0 Å². The summed E-state index contributed by atoms with van der Waals surface area (Å²) in [7, 11) is 0. The Morgan fingerprint density at radius 2 is 0.796 bits per heavy atom. The Bertz CT molecular complexity index is 2780. The van der Waals surface area contributed by atoms with Gasteiger partial charge in [0, 0.05) is 27.5 Å². The Balaban J connectivity index is 1.27. The van der Waals surface area contributed by atoms with E-state index < -0.39 is 0 Å². The van der Waals surface area contributed by atoms with Crippen molar-refractivity contribution in [1.82, 2.24) is 15.0 Å². The average Bonchev–Trinajstić information content (AvgIpc) is 3.57. The number of aromatic nitrogens is 3. The Morgan fingerprint density at radius 3 is 1.41 bits per heavy atom. The molecule has 10 aromatic rings. The first kappa shape index (κ1) is 27.5. The molecule has 0 saturated carbocycles. The highest BCUT2D eigenvalue weighted by Crippen LogP contribution is 2.42. The Kier molecular flexibility index (Phi) is 6.15. The van der Waals surface area contributed by atoms with Crippen LogP contribution in [-0.4, -0.2) is 15.0 Å². The zero-order valence-corrected chi connectivity index (χ0v) is 26.3. The van der Waals surface area contributed by atoms with Crippen LogP contribution in [-0.2, 0) is 0 Å². The van der Waals surface area contributed by atoms with Gasteiger partial charge in [-0.05, 0) is 67.7 Å². The first-order valence-electron chi connectivity index (χ1n) is 16.4. The predicted octanol–water partition coefficient (Wildman–Crippen LogP) is 11.9. The standard InChI is InChI=1S/C45H27N3O/c1-3-13-28(14-4-1)43-46-44(29-15-5-2-6-16-29)48-45(47-43)39-26-31(27-41-42(39)37-21-11-12-22-40(37)49-41)30-23-24-36-34-19-8-7-17-32(34)33-18-9-10-20-35(33)38(36)25-30/h1-27H. The highest BCUT2D eigenvalue weighted by atomic mass is 16.3. The minimum absolute atomic E-state index is 0.600. The Labute approximate surface area is 282 Å². The first-order valence-corrected chi connectivity index (χ1v) is 16.4. The van der Waals surface area contributed by atoms with Gasteiger partial charge in [0.15, 0.2) is 17.5 Å². The van der Waals surface area contributed by atoms with Gasteiger partial charge in [0.25, 0.3) is 0 Å². The van der Waals surface area contributed by atoms with Crippen LogP contribution in [0.2, 0.25) is 0 Å². The maximum absolute atomic E-state index is 6.55. The summed E-state index contributed by atoms with van der Waals surface area (Å²) in [6.07, 6.45) is 0. The highest BCUT2D eigenvalue weighted by molar-refractivity contribution is 6.26. The fourth-order valence-electron chi connectivity index (χ4n) is 7.21. The van der Waals surface area contributed by atoms with Crippen LogP contribution in [0.3, 0.4) is 0 Å². The average molecular weight is 626 g/mol. The minimum Gasteiger partial charge on any atom is -0.456 e. The van der Waals surface area contributed by atoms with Crippen LogP contribution in [0, 0.1) is 0 Å². The zero-order valence-electron chi connectivity index (χ0n) is 26.3. The highest BCUT2D eigenvalue weighted by Gasteiger charge is 2.20. The Hall–Kier alpha value is -6.65. The van der Waals surface area contributed by atoms with E-state index in [4.69, 9.17) is 19.4 Å². The molecule has 0 atom stereocenters. The SMILES string of the molecule is c1ccc(-c2nc(-c3ccccc3)nc(-c3cc(-c4ccc5c6ccccc6c6ccccc6c5c4)cc4oc5ccccc5c34)n2)cc1. The molecule has 10 rings (SSSR count). The minimum atomic E-state index is 0.600. The number of fused-ring (bicyclic) bond motifs is 9. The number of rotatable bonds is 4. The van der Waals surface area contributed by atoms with Crippen molar-refractivity contribution in [3.63, 3.8) is 0 Å². The molecule has 228 valence electrons. The molecule has 0 unspecified atom stereocenters. The normalized spacial score (nSPS) is 11.7. The molecule has 8 aromatic carbocycles. The third-order valence-electron chi connectivity index (χ3n) is 9.50. The van der Waals surface area contributed by atoms with Crippen LogP contribution >= 0.6 is 0 Å². The van der Waals surface area contributed by atoms with E-state index in [1.165, 1.54) is 32.3 Å². The van der Waals surface area contributed by atoms with Crippen molar-refractivity contribution in [1.29, 1.82) is 0 Å². The number of benzene rings is 8. The summed E-state index contributed by atoms with van der Waals surface area (Å²) in [5.41, 5.74) is 6.51. The van der Waals surface area contributed by atoms with Crippen LogP contribution in [0.4, 0.5) is 0 Å². The molecule has 0 bridgehead atoms. The predicted molar refractivity (Wildman–Crippen MR) is 201 cm³/mol. The van der Waals surface area contributed by atoms with E-state index in [0.29, 0.717) is 17.5 Å².